The van der Waals surface area contributed by atoms with Crippen molar-refractivity contribution < 1.29 is 18.7 Å². The standard InChI is InChI=1S/C17H12FN3O3/c18-8-4-5-11-9(6-8)17(16(23)21-11)10(7-19)15(20)24-13-3-1-2-12(22)14(13)17/h4-6H,1-3,20H2,(H,21,23)/t17-/m0/s1. The van der Waals surface area contributed by atoms with Gasteiger partial charge in [-0.25, -0.2) is 4.39 Å². The van der Waals surface area contributed by atoms with Gasteiger partial charge in [-0.1, -0.05) is 0 Å². The van der Waals surface area contributed by atoms with E-state index in [-0.39, 0.29) is 40.6 Å². The van der Waals surface area contributed by atoms with E-state index < -0.39 is 17.1 Å². The van der Waals surface area contributed by atoms with Crippen LogP contribution >= 0.6 is 0 Å². The van der Waals surface area contributed by atoms with Gasteiger partial charge in [-0.05, 0) is 24.6 Å². The van der Waals surface area contributed by atoms with Crippen LogP contribution in [0, 0.1) is 17.1 Å². The minimum atomic E-state index is -1.73. The summed E-state index contributed by atoms with van der Waals surface area (Å²) in [5, 5.41) is 12.2. The number of benzene rings is 1. The van der Waals surface area contributed by atoms with E-state index in [4.69, 9.17) is 10.5 Å². The zero-order chi connectivity index (χ0) is 17.1. The Kier molecular flexibility index (Phi) is 2.82. The van der Waals surface area contributed by atoms with Gasteiger partial charge in [0.15, 0.2) is 5.78 Å². The first kappa shape index (κ1) is 14.5. The fraction of sp³-hybridized carbons (Fsp3) is 0.235. The maximum Gasteiger partial charge on any atom is 0.245 e. The molecule has 2 aliphatic heterocycles. The predicted molar refractivity (Wildman–Crippen MR) is 80.5 cm³/mol. The second-order valence-corrected chi connectivity index (χ2v) is 5.92. The van der Waals surface area contributed by atoms with Crippen LogP contribution in [0.3, 0.4) is 0 Å². The minimum absolute atomic E-state index is 0.0985. The van der Waals surface area contributed by atoms with E-state index in [0.29, 0.717) is 18.5 Å². The first-order valence-electron chi connectivity index (χ1n) is 7.46. The lowest BCUT2D eigenvalue weighted by molar-refractivity contribution is -0.123. The Morgan fingerprint density at radius 1 is 1.33 bits per heavy atom. The predicted octanol–water partition coefficient (Wildman–Crippen LogP) is 1.75. The second-order valence-electron chi connectivity index (χ2n) is 5.92. The van der Waals surface area contributed by atoms with Gasteiger partial charge in [0.2, 0.25) is 11.8 Å². The van der Waals surface area contributed by atoms with Crippen molar-refractivity contribution in [3.63, 3.8) is 0 Å². The summed E-state index contributed by atoms with van der Waals surface area (Å²) in [4.78, 5) is 25.5. The molecule has 0 saturated heterocycles. The quantitative estimate of drug-likeness (QED) is 0.756. The molecule has 2 heterocycles. The number of rotatable bonds is 0. The largest absolute Gasteiger partial charge is 0.444 e. The maximum atomic E-state index is 13.9. The van der Waals surface area contributed by atoms with Crippen LogP contribution in [0.5, 0.6) is 0 Å². The molecule has 0 bridgehead atoms. The zero-order valence-electron chi connectivity index (χ0n) is 12.5. The Hall–Kier alpha value is -3.14. The fourth-order valence-electron chi connectivity index (χ4n) is 3.74. The Labute approximate surface area is 136 Å². The monoisotopic (exact) mass is 325 g/mol. The first-order valence-corrected chi connectivity index (χ1v) is 7.46. The highest BCUT2D eigenvalue weighted by Crippen LogP contribution is 2.53. The molecule has 3 N–H and O–H groups in total. The van der Waals surface area contributed by atoms with Crippen LogP contribution in [-0.2, 0) is 19.7 Å². The Morgan fingerprint density at radius 3 is 2.88 bits per heavy atom. The van der Waals surface area contributed by atoms with E-state index in [1.165, 1.54) is 12.1 Å². The third-order valence-corrected chi connectivity index (χ3v) is 4.68. The van der Waals surface area contributed by atoms with Gasteiger partial charge in [0.25, 0.3) is 0 Å². The lowest BCUT2D eigenvalue weighted by Gasteiger charge is -2.36. The SMILES string of the molecule is N#CC1=C(N)OC2=C(C(=O)CCC2)[C@@]12C(=O)Nc1ccc(F)cc12. The van der Waals surface area contributed by atoms with Gasteiger partial charge in [-0.15, -0.1) is 0 Å². The lowest BCUT2D eigenvalue weighted by atomic mass is 9.65. The number of halogens is 1. The highest BCUT2D eigenvalue weighted by atomic mass is 19.1. The van der Waals surface area contributed by atoms with Crippen molar-refractivity contribution in [2.45, 2.75) is 24.7 Å². The van der Waals surface area contributed by atoms with Crippen molar-refractivity contribution in [2.24, 2.45) is 5.73 Å². The number of hydrogen-bond donors (Lipinski definition) is 2. The summed E-state index contributed by atoms with van der Waals surface area (Å²) < 4.78 is 19.3. The molecule has 7 heteroatoms. The fourth-order valence-corrected chi connectivity index (χ4v) is 3.74. The van der Waals surface area contributed by atoms with E-state index in [0.717, 1.165) is 6.07 Å². The second kappa shape index (κ2) is 4.68. The third-order valence-electron chi connectivity index (χ3n) is 4.68. The smallest absolute Gasteiger partial charge is 0.245 e. The van der Waals surface area contributed by atoms with Crippen molar-refractivity contribution >= 4 is 17.4 Å². The molecule has 0 unspecified atom stereocenters. The molecule has 6 nitrogen and oxygen atoms in total. The number of allylic oxidation sites excluding steroid dienone is 1. The number of Topliss-reactive ketones (excluding diaryl/α,β-unsaturated/α-hetero) is 1. The molecule has 24 heavy (non-hydrogen) atoms. The molecule has 1 aromatic carbocycles. The first-order chi connectivity index (χ1) is 11.5. The number of hydrogen-bond acceptors (Lipinski definition) is 5. The van der Waals surface area contributed by atoms with E-state index >= 15 is 0 Å². The molecular weight excluding hydrogens is 313 g/mol. The van der Waals surface area contributed by atoms with Crippen LogP contribution in [0.25, 0.3) is 0 Å². The Balaban J connectivity index is 2.13. The minimum Gasteiger partial charge on any atom is -0.444 e. The average molecular weight is 325 g/mol. The summed E-state index contributed by atoms with van der Waals surface area (Å²) in [5.74, 6) is -1.39. The molecule has 0 fully saturated rings. The number of nitrogens with zero attached hydrogens (tertiary/aromatic N) is 1. The number of nitrogens with one attached hydrogen (secondary N) is 1. The number of ketones is 1. The highest BCUT2D eigenvalue weighted by Gasteiger charge is 2.59. The molecule has 0 radical (unpaired) electrons. The number of fused-ring (bicyclic) bond motifs is 3. The highest BCUT2D eigenvalue weighted by molar-refractivity contribution is 6.19. The summed E-state index contributed by atoms with van der Waals surface area (Å²) in [5.41, 5.74) is 4.63. The van der Waals surface area contributed by atoms with Gasteiger partial charge in [0.05, 0.1) is 5.57 Å². The van der Waals surface area contributed by atoms with E-state index in [2.05, 4.69) is 5.32 Å². The maximum absolute atomic E-state index is 13.9. The third kappa shape index (κ3) is 1.57. The summed E-state index contributed by atoms with van der Waals surface area (Å²) >= 11 is 0. The van der Waals surface area contributed by atoms with Crippen molar-refractivity contribution in [1.29, 1.82) is 5.26 Å². The van der Waals surface area contributed by atoms with Crippen molar-refractivity contribution in [3.8, 4) is 6.07 Å². The van der Waals surface area contributed by atoms with Crippen LogP contribution in [-0.4, -0.2) is 11.7 Å². The number of carbonyl (C=O) groups excluding carboxylic acids is 2. The van der Waals surface area contributed by atoms with Gasteiger partial charge in [-0.2, -0.15) is 5.26 Å². The van der Waals surface area contributed by atoms with Crippen molar-refractivity contribution in [3.05, 3.63) is 52.4 Å². The average Bonchev–Trinajstić information content (AvgIpc) is 2.81. The lowest BCUT2D eigenvalue weighted by Crippen LogP contribution is -2.46. The van der Waals surface area contributed by atoms with E-state index in [9.17, 15) is 19.2 Å². The summed E-state index contributed by atoms with van der Waals surface area (Å²) in [6.45, 7) is 0. The van der Waals surface area contributed by atoms with E-state index in [1.807, 2.05) is 6.07 Å². The molecule has 0 aromatic heterocycles. The summed E-state index contributed by atoms with van der Waals surface area (Å²) in [6, 6.07) is 5.66. The molecule has 0 saturated carbocycles. The zero-order valence-corrected chi connectivity index (χ0v) is 12.5. The molecular formula is C17H12FN3O3. The summed E-state index contributed by atoms with van der Waals surface area (Å²) in [7, 11) is 0. The summed E-state index contributed by atoms with van der Waals surface area (Å²) in [6.07, 6.45) is 1.24. The van der Waals surface area contributed by atoms with Gasteiger partial charge in [0.1, 0.15) is 28.6 Å². The molecule has 120 valence electrons. The van der Waals surface area contributed by atoms with Crippen LogP contribution in [0.1, 0.15) is 24.8 Å². The molecule has 1 amide bonds. The van der Waals surface area contributed by atoms with Gasteiger partial charge in [0, 0.05) is 24.1 Å². The molecule has 1 spiro atoms. The normalized spacial score (nSPS) is 25.2. The van der Waals surface area contributed by atoms with Crippen LogP contribution < -0.4 is 11.1 Å². The molecule has 3 aliphatic rings. The van der Waals surface area contributed by atoms with Crippen molar-refractivity contribution in [1.82, 2.24) is 0 Å². The molecule has 1 atom stereocenters. The van der Waals surface area contributed by atoms with Crippen LogP contribution in [0.4, 0.5) is 10.1 Å². The Morgan fingerprint density at radius 2 is 2.12 bits per heavy atom. The van der Waals surface area contributed by atoms with Crippen LogP contribution in [0.2, 0.25) is 0 Å². The number of nitriles is 1. The van der Waals surface area contributed by atoms with Gasteiger partial charge in [-0.3, -0.25) is 9.59 Å². The molecule has 1 aliphatic carbocycles. The molecule has 4 rings (SSSR count). The number of nitrogens with two attached hydrogens (primary N) is 1. The van der Waals surface area contributed by atoms with Gasteiger partial charge >= 0.3 is 0 Å². The topological polar surface area (TPSA) is 105 Å². The van der Waals surface area contributed by atoms with Crippen molar-refractivity contribution in [2.75, 3.05) is 5.32 Å². The molecule has 1 aromatic rings. The van der Waals surface area contributed by atoms with Crippen LogP contribution in [0.15, 0.2) is 41.0 Å². The van der Waals surface area contributed by atoms with E-state index in [1.54, 1.807) is 0 Å². The number of anilines is 1. The Bertz CT molecular complexity index is 925. The van der Waals surface area contributed by atoms with Gasteiger partial charge < -0.3 is 15.8 Å². The number of ether oxygens (including phenoxy) is 1. The number of carbonyl (C=O) groups is 2. The number of amides is 1.